The van der Waals surface area contributed by atoms with Crippen LogP contribution >= 0.6 is 0 Å². The number of hydrogen-bond donors (Lipinski definition) is 1. The molecule has 2 fully saturated rings. The van der Waals surface area contributed by atoms with Crippen molar-refractivity contribution in [1.29, 1.82) is 0 Å². The summed E-state index contributed by atoms with van der Waals surface area (Å²) in [5, 5.41) is 1.05. The van der Waals surface area contributed by atoms with Gasteiger partial charge in [-0.15, -0.1) is 0 Å². The van der Waals surface area contributed by atoms with Gasteiger partial charge in [-0.05, 0) is 30.7 Å². The number of hydrogen-bond acceptors (Lipinski definition) is 1. The number of fused-ring (bicyclic) bond motifs is 2. The molecule has 2 aliphatic rings. The number of nitrogens with zero attached hydrogens (tertiary/aromatic N) is 1. The van der Waals surface area contributed by atoms with Crippen molar-refractivity contribution in [3.05, 3.63) is 36.0 Å². The molecule has 2 unspecified atom stereocenters. The summed E-state index contributed by atoms with van der Waals surface area (Å²) in [6, 6.07) is 8.06. The largest absolute Gasteiger partial charge is 0.360 e. The molecule has 2 heterocycles. The first-order chi connectivity index (χ1) is 10.3. The van der Waals surface area contributed by atoms with Crippen LogP contribution in [0.5, 0.6) is 0 Å². The Morgan fingerprint density at radius 2 is 1.90 bits per heavy atom. The molecule has 1 amide bonds. The van der Waals surface area contributed by atoms with E-state index >= 15 is 0 Å². The summed E-state index contributed by atoms with van der Waals surface area (Å²) in [5.41, 5.74) is 1.88. The third-order valence-corrected chi connectivity index (χ3v) is 5.40. The molecule has 3 nitrogen and oxygen atoms in total. The highest BCUT2D eigenvalue weighted by Crippen LogP contribution is 2.36. The Kier molecular flexibility index (Phi) is 3.21. The van der Waals surface area contributed by atoms with E-state index in [1.54, 1.807) is 0 Å². The average molecular weight is 282 g/mol. The fourth-order valence-electron chi connectivity index (χ4n) is 4.20. The Hall–Kier alpha value is -1.77. The molecule has 0 spiro atoms. The Morgan fingerprint density at radius 1 is 1.10 bits per heavy atom. The fourth-order valence-corrected chi connectivity index (χ4v) is 4.20. The minimum absolute atomic E-state index is 0.205. The topological polar surface area (TPSA) is 36.1 Å². The molecule has 3 heteroatoms. The lowest BCUT2D eigenvalue weighted by Crippen LogP contribution is -2.44. The Bertz CT molecular complexity index is 660. The van der Waals surface area contributed by atoms with E-state index in [0.29, 0.717) is 0 Å². The maximum absolute atomic E-state index is 12.9. The highest BCUT2D eigenvalue weighted by molar-refractivity contribution is 6.06. The molecule has 1 aliphatic carbocycles. The zero-order valence-electron chi connectivity index (χ0n) is 12.3. The first-order valence-electron chi connectivity index (χ1n) is 8.18. The van der Waals surface area contributed by atoms with Crippen LogP contribution in [0.2, 0.25) is 0 Å². The van der Waals surface area contributed by atoms with Crippen molar-refractivity contribution in [2.75, 3.05) is 13.1 Å². The number of carbonyl (C=O) groups excluding carboxylic acids is 1. The highest BCUT2D eigenvalue weighted by atomic mass is 16.2. The summed E-state index contributed by atoms with van der Waals surface area (Å²) >= 11 is 0. The van der Waals surface area contributed by atoms with Gasteiger partial charge in [0.2, 0.25) is 0 Å². The average Bonchev–Trinajstić information content (AvgIpc) is 2.98. The molecule has 1 N–H and O–H groups in total. The molecular formula is C18H22N2O. The number of carbonyl (C=O) groups is 1. The SMILES string of the molecule is O=C(c1c[nH]c2ccccc12)N1CCC2CCCCC2C1. The highest BCUT2D eigenvalue weighted by Gasteiger charge is 2.33. The Morgan fingerprint density at radius 3 is 2.81 bits per heavy atom. The fraction of sp³-hybridized carbons (Fsp3) is 0.500. The van der Waals surface area contributed by atoms with E-state index in [-0.39, 0.29) is 5.91 Å². The molecule has 0 bridgehead atoms. The summed E-state index contributed by atoms with van der Waals surface area (Å²) in [5.74, 6) is 1.81. The van der Waals surface area contributed by atoms with Gasteiger partial charge >= 0.3 is 0 Å². The van der Waals surface area contributed by atoms with Gasteiger partial charge in [-0.2, -0.15) is 0 Å². The van der Waals surface area contributed by atoms with Gasteiger partial charge in [0, 0.05) is 30.2 Å². The minimum Gasteiger partial charge on any atom is -0.360 e. The lowest BCUT2D eigenvalue weighted by atomic mass is 9.75. The van der Waals surface area contributed by atoms with Crippen molar-refractivity contribution in [2.45, 2.75) is 32.1 Å². The van der Waals surface area contributed by atoms with Crippen LogP contribution in [0, 0.1) is 11.8 Å². The second-order valence-electron chi connectivity index (χ2n) is 6.59. The van der Waals surface area contributed by atoms with Gasteiger partial charge in [0.25, 0.3) is 5.91 Å². The standard InChI is InChI=1S/C18H22N2O/c21-18(16-11-19-17-8-4-3-7-15(16)17)20-10-9-13-5-1-2-6-14(13)12-20/h3-4,7-8,11,13-14,19H,1-2,5-6,9-10,12H2. The molecular weight excluding hydrogens is 260 g/mol. The number of piperidine rings is 1. The second-order valence-corrected chi connectivity index (χ2v) is 6.59. The molecule has 1 aromatic heterocycles. The zero-order chi connectivity index (χ0) is 14.2. The van der Waals surface area contributed by atoms with Crippen molar-refractivity contribution in [3.8, 4) is 0 Å². The normalized spacial score (nSPS) is 25.8. The summed E-state index contributed by atoms with van der Waals surface area (Å²) < 4.78 is 0. The molecule has 1 saturated carbocycles. The van der Waals surface area contributed by atoms with Crippen LogP contribution in [0.1, 0.15) is 42.5 Å². The predicted octanol–water partition coefficient (Wildman–Crippen LogP) is 3.82. The van der Waals surface area contributed by atoms with Crippen molar-refractivity contribution >= 4 is 16.8 Å². The van der Waals surface area contributed by atoms with Crippen molar-refractivity contribution < 1.29 is 4.79 Å². The molecule has 0 radical (unpaired) electrons. The van der Waals surface area contributed by atoms with Crippen LogP contribution in [0.4, 0.5) is 0 Å². The molecule has 4 rings (SSSR count). The Balaban J connectivity index is 1.57. The molecule has 1 aromatic carbocycles. The molecule has 110 valence electrons. The number of amides is 1. The van der Waals surface area contributed by atoms with Crippen molar-refractivity contribution in [2.24, 2.45) is 11.8 Å². The number of likely N-dealkylation sites (tertiary alicyclic amines) is 1. The number of rotatable bonds is 1. The van der Waals surface area contributed by atoms with Gasteiger partial charge in [-0.3, -0.25) is 4.79 Å². The summed E-state index contributed by atoms with van der Waals surface area (Å²) in [7, 11) is 0. The monoisotopic (exact) mass is 282 g/mol. The van der Waals surface area contributed by atoms with Crippen molar-refractivity contribution in [3.63, 3.8) is 0 Å². The molecule has 1 aliphatic heterocycles. The minimum atomic E-state index is 0.205. The number of H-pyrrole nitrogens is 1. The lowest BCUT2D eigenvalue weighted by molar-refractivity contribution is 0.0523. The zero-order valence-corrected chi connectivity index (χ0v) is 12.3. The van der Waals surface area contributed by atoms with E-state index in [4.69, 9.17) is 0 Å². The van der Waals surface area contributed by atoms with Crippen LogP contribution in [0.3, 0.4) is 0 Å². The van der Waals surface area contributed by atoms with Gasteiger partial charge in [-0.25, -0.2) is 0 Å². The number of aromatic amines is 1. The first kappa shape index (κ1) is 12.9. The third-order valence-electron chi connectivity index (χ3n) is 5.40. The van der Waals surface area contributed by atoms with Crippen molar-refractivity contribution in [1.82, 2.24) is 9.88 Å². The lowest BCUT2D eigenvalue weighted by Gasteiger charge is -2.41. The molecule has 1 saturated heterocycles. The van der Waals surface area contributed by atoms with E-state index in [2.05, 4.69) is 9.88 Å². The van der Waals surface area contributed by atoms with Gasteiger partial charge in [0.15, 0.2) is 0 Å². The van der Waals surface area contributed by atoms with Crippen LogP contribution in [-0.4, -0.2) is 28.9 Å². The van der Waals surface area contributed by atoms with Gasteiger partial charge in [0.1, 0.15) is 0 Å². The predicted molar refractivity (Wildman–Crippen MR) is 84.3 cm³/mol. The molecule has 21 heavy (non-hydrogen) atoms. The number of benzene rings is 1. The smallest absolute Gasteiger partial charge is 0.256 e. The number of aromatic nitrogens is 1. The van der Waals surface area contributed by atoms with Gasteiger partial charge < -0.3 is 9.88 Å². The molecule has 2 atom stereocenters. The van der Waals surface area contributed by atoms with Crippen LogP contribution in [0.25, 0.3) is 10.9 Å². The maximum Gasteiger partial charge on any atom is 0.256 e. The van der Waals surface area contributed by atoms with E-state index in [1.807, 2.05) is 30.5 Å². The quantitative estimate of drug-likeness (QED) is 0.848. The van der Waals surface area contributed by atoms with Crippen LogP contribution in [0.15, 0.2) is 30.5 Å². The van der Waals surface area contributed by atoms with Gasteiger partial charge in [0.05, 0.1) is 5.56 Å². The third kappa shape index (κ3) is 2.25. The summed E-state index contributed by atoms with van der Waals surface area (Å²) in [6.07, 6.45) is 8.48. The number of para-hydroxylation sites is 1. The Labute approximate surface area is 125 Å². The van der Waals surface area contributed by atoms with E-state index in [9.17, 15) is 4.79 Å². The first-order valence-corrected chi connectivity index (χ1v) is 8.18. The summed E-state index contributed by atoms with van der Waals surface area (Å²) in [6.45, 7) is 1.89. The van der Waals surface area contributed by atoms with Crippen LogP contribution < -0.4 is 0 Å². The van der Waals surface area contributed by atoms with E-state index in [0.717, 1.165) is 41.4 Å². The maximum atomic E-state index is 12.9. The van der Waals surface area contributed by atoms with E-state index in [1.165, 1.54) is 32.1 Å². The summed E-state index contributed by atoms with van der Waals surface area (Å²) in [4.78, 5) is 18.2. The van der Waals surface area contributed by atoms with E-state index < -0.39 is 0 Å². The molecule has 2 aromatic rings. The number of nitrogens with one attached hydrogen (secondary N) is 1. The second kappa shape index (κ2) is 5.21. The van der Waals surface area contributed by atoms with Gasteiger partial charge in [-0.1, -0.05) is 37.5 Å². The van der Waals surface area contributed by atoms with Crippen LogP contribution in [-0.2, 0) is 0 Å².